The Morgan fingerprint density at radius 3 is 2.61 bits per heavy atom. The maximum atomic E-state index is 13.0. The van der Waals surface area contributed by atoms with E-state index in [1.165, 1.54) is 30.0 Å². The first-order valence-corrected chi connectivity index (χ1v) is 9.75. The molecule has 6 nitrogen and oxygen atoms in total. The summed E-state index contributed by atoms with van der Waals surface area (Å²) in [5.41, 5.74) is 0.433. The minimum absolute atomic E-state index is 0.0292. The first kappa shape index (κ1) is 16.1. The molecule has 120 valence electrons. The van der Waals surface area contributed by atoms with Crippen molar-refractivity contribution in [3.05, 3.63) is 42.1 Å². The molecule has 0 bridgehead atoms. The zero-order chi connectivity index (χ0) is 16.6. The predicted octanol–water partition coefficient (Wildman–Crippen LogP) is 2.73. The number of halogens is 1. The third kappa shape index (κ3) is 2.66. The third-order valence-electron chi connectivity index (χ3n) is 3.20. The quantitative estimate of drug-likeness (QED) is 0.562. The van der Waals surface area contributed by atoms with Gasteiger partial charge in [0.05, 0.1) is 16.5 Å². The van der Waals surface area contributed by atoms with E-state index in [9.17, 15) is 13.5 Å². The topological polar surface area (TPSA) is 84.6 Å². The molecule has 0 amide bonds. The van der Waals surface area contributed by atoms with Gasteiger partial charge in [0.25, 0.3) is 0 Å². The second-order valence-corrected chi connectivity index (χ2v) is 7.58. The van der Waals surface area contributed by atoms with Gasteiger partial charge in [0, 0.05) is 6.07 Å². The van der Waals surface area contributed by atoms with Crippen molar-refractivity contribution in [3.8, 4) is 5.88 Å². The zero-order valence-electron chi connectivity index (χ0n) is 12.0. The second kappa shape index (κ2) is 6.03. The molecule has 3 aromatic rings. The zero-order valence-corrected chi connectivity index (χ0v) is 14.4. The number of nitrogens with zero attached hydrogens (tertiary/aromatic N) is 3. The van der Waals surface area contributed by atoms with E-state index in [-0.39, 0.29) is 32.2 Å². The lowest BCUT2D eigenvalue weighted by Gasteiger charge is -2.05. The van der Waals surface area contributed by atoms with Gasteiger partial charge in [0.15, 0.2) is 10.5 Å². The van der Waals surface area contributed by atoms with E-state index in [1.54, 1.807) is 24.5 Å². The Morgan fingerprint density at radius 2 is 2.00 bits per heavy atom. The smallest absolute Gasteiger partial charge is 0.215 e. The van der Waals surface area contributed by atoms with Crippen LogP contribution in [0.2, 0.25) is 0 Å². The molecule has 0 aliphatic carbocycles. The van der Waals surface area contributed by atoms with Crippen molar-refractivity contribution >= 4 is 38.8 Å². The Hall–Kier alpha value is -1.77. The highest BCUT2D eigenvalue weighted by Gasteiger charge is 2.29. The number of sulfone groups is 1. The van der Waals surface area contributed by atoms with Gasteiger partial charge in [0.1, 0.15) is 5.03 Å². The first-order chi connectivity index (χ1) is 11.0. The van der Waals surface area contributed by atoms with Crippen molar-refractivity contribution < 1.29 is 13.5 Å². The summed E-state index contributed by atoms with van der Waals surface area (Å²) in [5.74, 6) is -0.162. The Morgan fingerprint density at radius 1 is 1.30 bits per heavy atom. The van der Waals surface area contributed by atoms with Crippen LogP contribution in [-0.4, -0.2) is 34.4 Å². The summed E-state index contributed by atoms with van der Waals surface area (Å²) < 4.78 is 27.1. The average molecular weight is 370 g/mol. The van der Waals surface area contributed by atoms with E-state index in [0.717, 1.165) is 4.52 Å². The SMILES string of the molecule is CSc1nn2c(O)cc(CCl)nc2c1S(=O)(=O)c1ccccc1. The van der Waals surface area contributed by atoms with Gasteiger partial charge < -0.3 is 5.11 Å². The third-order valence-corrected chi connectivity index (χ3v) is 6.09. The van der Waals surface area contributed by atoms with Crippen molar-refractivity contribution in [2.75, 3.05) is 6.26 Å². The fraction of sp³-hybridized carbons (Fsp3) is 0.143. The van der Waals surface area contributed by atoms with E-state index in [2.05, 4.69) is 10.1 Å². The molecule has 0 radical (unpaired) electrons. The molecule has 0 aliphatic heterocycles. The molecular weight excluding hydrogens is 358 g/mol. The lowest BCUT2D eigenvalue weighted by molar-refractivity contribution is 0.433. The van der Waals surface area contributed by atoms with E-state index >= 15 is 0 Å². The van der Waals surface area contributed by atoms with E-state index < -0.39 is 9.84 Å². The fourth-order valence-electron chi connectivity index (χ4n) is 2.17. The van der Waals surface area contributed by atoms with Gasteiger partial charge >= 0.3 is 0 Å². The van der Waals surface area contributed by atoms with Crippen molar-refractivity contribution in [1.82, 2.24) is 14.6 Å². The molecule has 0 saturated heterocycles. The summed E-state index contributed by atoms with van der Waals surface area (Å²) in [5, 5.41) is 14.5. The van der Waals surface area contributed by atoms with Crippen LogP contribution in [0.25, 0.3) is 5.65 Å². The summed E-state index contributed by atoms with van der Waals surface area (Å²) in [7, 11) is -3.83. The minimum Gasteiger partial charge on any atom is -0.493 e. The Balaban J connectivity index is 2.38. The van der Waals surface area contributed by atoms with Gasteiger partial charge in [-0.1, -0.05) is 18.2 Å². The van der Waals surface area contributed by atoms with Gasteiger partial charge in [-0.3, -0.25) is 0 Å². The maximum Gasteiger partial charge on any atom is 0.215 e. The number of aromatic nitrogens is 3. The number of thioether (sulfide) groups is 1. The minimum atomic E-state index is -3.83. The van der Waals surface area contributed by atoms with Crippen LogP contribution < -0.4 is 0 Å². The Labute approximate surface area is 142 Å². The lowest BCUT2D eigenvalue weighted by atomic mass is 10.4. The molecule has 0 saturated carbocycles. The molecule has 3 rings (SSSR count). The number of alkyl halides is 1. The largest absolute Gasteiger partial charge is 0.493 e. The summed E-state index contributed by atoms with van der Waals surface area (Å²) in [4.78, 5) is 4.34. The number of benzene rings is 1. The standard InChI is InChI=1S/C14H12ClN3O3S2/c1-22-14-12(23(20,21)10-5-3-2-4-6-10)13-16-9(8-15)7-11(19)18(13)17-14/h2-7,19H,8H2,1H3. The molecule has 2 heterocycles. The Bertz CT molecular complexity index is 972. The van der Waals surface area contributed by atoms with Crippen LogP contribution in [0.5, 0.6) is 5.88 Å². The summed E-state index contributed by atoms with van der Waals surface area (Å²) in [6.07, 6.45) is 1.71. The molecule has 1 aromatic carbocycles. The number of fused-ring (bicyclic) bond motifs is 1. The highest BCUT2D eigenvalue weighted by atomic mass is 35.5. The van der Waals surface area contributed by atoms with Gasteiger partial charge in [-0.25, -0.2) is 13.4 Å². The number of rotatable bonds is 4. The fourth-order valence-corrected chi connectivity index (χ4v) is 4.72. The van der Waals surface area contributed by atoms with Crippen LogP contribution >= 0.6 is 23.4 Å². The molecule has 2 aromatic heterocycles. The molecule has 0 atom stereocenters. The highest BCUT2D eigenvalue weighted by molar-refractivity contribution is 7.99. The summed E-state index contributed by atoms with van der Waals surface area (Å²) >= 11 is 6.94. The van der Waals surface area contributed by atoms with Crippen molar-refractivity contribution in [2.45, 2.75) is 20.7 Å². The van der Waals surface area contributed by atoms with Crippen LogP contribution in [0.4, 0.5) is 0 Å². The summed E-state index contributed by atoms with van der Waals surface area (Å²) in [6.45, 7) is 0. The predicted molar refractivity (Wildman–Crippen MR) is 87.9 cm³/mol. The number of hydrogen-bond donors (Lipinski definition) is 1. The van der Waals surface area contributed by atoms with Gasteiger partial charge in [-0.2, -0.15) is 9.61 Å². The number of aromatic hydroxyl groups is 1. The van der Waals surface area contributed by atoms with E-state index in [4.69, 9.17) is 11.6 Å². The van der Waals surface area contributed by atoms with Gasteiger partial charge in [-0.05, 0) is 18.4 Å². The van der Waals surface area contributed by atoms with Crippen molar-refractivity contribution in [2.24, 2.45) is 0 Å². The van der Waals surface area contributed by atoms with Crippen LogP contribution in [0, 0.1) is 0 Å². The molecule has 0 aliphatic rings. The average Bonchev–Trinajstić information content (AvgIpc) is 2.95. The van der Waals surface area contributed by atoms with Crippen LogP contribution in [-0.2, 0) is 15.7 Å². The van der Waals surface area contributed by atoms with Crippen molar-refractivity contribution in [1.29, 1.82) is 0 Å². The van der Waals surface area contributed by atoms with Crippen molar-refractivity contribution in [3.63, 3.8) is 0 Å². The lowest BCUT2D eigenvalue weighted by Crippen LogP contribution is -2.04. The highest BCUT2D eigenvalue weighted by Crippen LogP contribution is 2.33. The molecule has 23 heavy (non-hydrogen) atoms. The number of hydrogen-bond acceptors (Lipinski definition) is 6. The Kier molecular flexibility index (Phi) is 4.22. The maximum absolute atomic E-state index is 13.0. The normalized spacial score (nSPS) is 11.9. The molecule has 0 fully saturated rings. The van der Waals surface area contributed by atoms with Crippen LogP contribution in [0.15, 0.2) is 51.2 Å². The molecule has 9 heteroatoms. The van der Waals surface area contributed by atoms with E-state index in [1.807, 2.05) is 0 Å². The molecule has 0 unspecified atom stereocenters. The molecule has 1 N–H and O–H groups in total. The van der Waals surface area contributed by atoms with E-state index in [0.29, 0.717) is 5.69 Å². The van der Waals surface area contributed by atoms with Crippen LogP contribution in [0.3, 0.4) is 0 Å². The van der Waals surface area contributed by atoms with Gasteiger partial charge in [-0.15, -0.1) is 23.4 Å². The second-order valence-electron chi connectivity index (χ2n) is 4.63. The monoisotopic (exact) mass is 369 g/mol. The molecular formula is C14H12ClN3O3S2. The first-order valence-electron chi connectivity index (χ1n) is 6.50. The molecule has 0 spiro atoms. The van der Waals surface area contributed by atoms with Crippen LogP contribution in [0.1, 0.15) is 5.69 Å². The van der Waals surface area contributed by atoms with Gasteiger partial charge in [0.2, 0.25) is 15.7 Å². The summed E-state index contributed by atoms with van der Waals surface area (Å²) in [6, 6.07) is 9.40.